The van der Waals surface area contributed by atoms with Crippen molar-refractivity contribution in [2.24, 2.45) is 0 Å². The van der Waals surface area contributed by atoms with E-state index in [4.69, 9.17) is 0 Å². The van der Waals surface area contributed by atoms with Crippen molar-refractivity contribution in [2.75, 3.05) is 0 Å². The number of rotatable bonds is 2. The number of fused-ring (bicyclic) bond motifs is 4. The average molecular weight is 593 g/mol. The first-order chi connectivity index (χ1) is 22.3. The van der Waals surface area contributed by atoms with Gasteiger partial charge in [0, 0.05) is 10.8 Å². The van der Waals surface area contributed by atoms with Gasteiger partial charge in [-0.05, 0) is 144 Å². The van der Waals surface area contributed by atoms with Crippen LogP contribution in [0, 0.1) is 0 Å². The van der Waals surface area contributed by atoms with E-state index in [1.54, 1.807) is 11.1 Å². The summed E-state index contributed by atoms with van der Waals surface area (Å²) in [5, 5.41) is 7.18. The van der Waals surface area contributed by atoms with Crippen molar-refractivity contribution < 1.29 is 0 Å². The van der Waals surface area contributed by atoms with Crippen molar-refractivity contribution in [3.63, 3.8) is 0 Å². The monoisotopic (exact) mass is 592 g/mol. The van der Waals surface area contributed by atoms with Gasteiger partial charge in [0.05, 0.1) is 0 Å². The highest BCUT2D eigenvalue weighted by Gasteiger charge is 2.40. The maximum absolute atomic E-state index is 2.58. The van der Waals surface area contributed by atoms with Gasteiger partial charge in [-0.15, -0.1) is 0 Å². The van der Waals surface area contributed by atoms with Crippen LogP contribution in [0.3, 0.4) is 0 Å². The topological polar surface area (TPSA) is 0 Å². The van der Waals surface area contributed by atoms with Crippen molar-refractivity contribution in [1.29, 1.82) is 0 Å². The average Bonchev–Trinajstić information content (AvgIpc) is 3.46. The molecule has 0 aromatic heterocycles. The van der Waals surface area contributed by atoms with E-state index in [2.05, 4.69) is 125 Å². The highest BCUT2D eigenvalue weighted by Crippen LogP contribution is 2.55. The number of hydrogen-bond acceptors (Lipinski definition) is 0. The Balaban J connectivity index is 1.05. The molecule has 0 heteroatoms. The van der Waals surface area contributed by atoms with Crippen LogP contribution in [0.15, 0.2) is 102 Å². The van der Waals surface area contributed by atoms with E-state index in [1.165, 1.54) is 88.0 Å². The molecule has 0 atom stereocenters. The number of hydrogen-bond donors (Lipinski definition) is 0. The Labute approximate surface area is 272 Å². The minimum Gasteiger partial charge on any atom is -0.0763 e. The second-order valence-electron chi connectivity index (χ2n) is 15.4. The van der Waals surface area contributed by atoms with Gasteiger partial charge in [0.15, 0.2) is 0 Å². The summed E-state index contributed by atoms with van der Waals surface area (Å²) in [7, 11) is 0. The Bertz CT molecular complexity index is 2390. The zero-order valence-corrected chi connectivity index (χ0v) is 27.5. The molecule has 10 rings (SSSR count). The zero-order chi connectivity index (χ0) is 30.9. The van der Waals surface area contributed by atoms with Crippen LogP contribution in [0.2, 0.25) is 0 Å². The van der Waals surface area contributed by atoms with E-state index in [0.29, 0.717) is 0 Å². The molecule has 0 nitrogen and oxygen atoms in total. The summed E-state index contributed by atoms with van der Waals surface area (Å²) in [5.41, 5.74) is 19.5. The van der Waals surface area contributed by atoms with Crippen molar-refractivity contribution in [1.82, 2.24) is 0 Å². The molecule has 224 valence electrons. The third-order valence-electron chi connectivity index (χ3n) is 12.4. The van der Waals surface area contributed by atoms with Gasteiger partial charge in [-0.25, -0.2) is 0 Å². The molecule has 0 fully saturated rings. The van der Waals surface area contributed by atoms with Gasteiger partial charge in [0.25, 0.3) is 0 Å². The van der Waals surface area contributed by atoms with Crippen molar-refractivity contribution in [3.8, 4) is 0 Å². The number of benzene rings is 5. The lowest BCUT2D eigenvalue weighted by Crippen LogP contribution is -2.18. The van der Waals surface area contributed by atoms with Gasteiger partial charge in [-0.3, -0.25) is 0 Å². The van der Waals surface area contributed by atoms with E-state index in [-0.39, 0.29) is 10.8 Å². The second-order valence-corrected chi connectivity index (χ2v) is 15.4. The van der Waals surface area contributed by atoms with Crippen LogP contribution < -0.4 is 5.22 Å². The molecule has 0 unspecified atom stereocenters. The SMILES string of the molecule is CC1(C)C2=C(CCC(c3ccc4c(c3)C(C)(C)C3=C4CCC(c4ccc5ccc6c7c(ccc4c57)CCC=6)=C3)=C2)c2ccccc21. The summed E-state index contributed by atoms with van der Waals surface area (Å²) in [5.74, 6) is 0. The smallest absolute Gasteiger partial charge is 0.0155 e. The molecule has 5 aliphatic carbocycles. The maximum atomic E-state index is 2.58. The normalized spacial score (nSPS) is 20.3. The first kappa shape index (κ1) is 26.8. The van der Waals surface area contributed by atoms with Gasteiger partial charge in [0.1, 0.15) is 0 Å². The molecule has 0 heterocycles. The predicted molar refractivity (Wildman–Crippen MR) is 197 cm³/mol. The largest absolute Gasteiger partial charge is 0.0763 e. The van der Waals surface area contributed by atoms with Gasteiger partial charge in [0.2, 0.25) is 0 Å². The molecule has 0 aliphatic heterocycles. The third-order valence-corrected chi connectivity index (χ3v) is 12.4. The fourth-order valence-corrected chi connectivity index (χ4v) is 9.97. The van der Waals surface area contributed by atoms with Crippen LogP contribution in [0.5, 0.6) is 0 Å². The summed E-state index contributed by atoms with van der Waals surface area (Å²) in [6.45, 7) is 9.74. The fraction of sp³-hybridized carbons (Fsp3) is 0.261. The molecule has 46 heavy (non-hydrogen) atoms. The van der Waals surface area contributed by atoms with E-state index in [1.807, 2.05) is 0 Å². The Morgan fingerprint density at radius 3 is 2.09 bits per heavy atom. The summed E-state index contributed by atoms with van der Waals surface area (Å²) in [6.07, 6.45) is 14.3. The third kappa shape index (κ3) is 3.45. The molecule has 0 radical (unpaired) electrons. The summed E-state index contributed by atoms with van der Waals surface area (Å²) in [4.78, 5) is 0. The molecule has 0 N–H and O–H groups in total. The van der Waals surface area contributed by atoms with E-state index < -0.39 is 0 Å². The Morgan fingerprint density at radius 1 is 0.543 bits per heavy atom. The van der Waals surface area contributed by atoms with Gasteiger partial charge >= 0.3 is 0 Å². The second kappa shape index (κ2) is 9.10. The van der Waals surface area contributed by atoms with Crippen LogP contribution in [0.1, 0.15) is 98.7 Å². The number of aryl methyl sites for hydroxylation is 1. The fourth-order valence-electron chi connectivity index (χ4n) is 9.97. The summed E-state index contributed by atoms with van der Waals surface area (Å²) < 4.78 is 0. The summed E-state index contributed by atoms with van der Waals surface area (Å²) >= 11 is 0. The molecule has 0 saturated carbocycles. The van der Waals surface area contributed by atoms with Crippen LogP contribution in [-0.2, 0) is 17.3 Å². The molecular weight excluding hydrogens is 553 g/mol. The molecule has 0 saturated heterocycles. The minimum atomic E-state index is -0.0200. The summed E-state index contributed by atoms with van der Waals surface area (Å²) in [6, 6.07) is 30.8. The highest BCUT2D eigenvalue weighted by molar-refractivity contribution is 6.15. The van der Waals surface area contributed by atoms with Gasteiger partial charge < -0.3 is 0 Å². The quantitative estimate of drug-likeness (QED) is 0.191. The van der Waals surface area contributed by atoms with Crippen LogP contribution >= 0.6 is 0 Å². The Hall–Kier alpha value is -4.42. The molecule has 5 aliphatic rings. The van der Waals surface area contributed by atoms with Crippen molar-refractivity contribution in [2.45, 2.75) is 77.0 Å². The molecular formula is C46H40. The highest BCUT2D eigenvalue weighted by atomic mass is 14.4. The first-order valence-corrected chi connectivity index (χ1v) is 17.4. The molecule has 0 bridgehead atoms. The van der Waals surface area contributed by atoms with Crippen LogP contribution in [0.4, 0.5) is 0 Å². The maximum Gasteiger partial charge on any atom is 0.0155 e. The standard InChI is InChI=1S/C46H40/c1-45(2)39-11-6-5-10-34(39)35-20-16-30(24-40(35)45)31-17-21-36-37-22-18-32(26-42(37)46(3,4)41(36)25-31)33-19-14-29-13-12-27-8-7-9-28-15-23-38(33)44(29)43(27)28/h5-6,8,10-15,17,19,21,23-26H,7,9,16,18,20,22H2,1-4H3. The van der Waals surface area contributed by atoms with Crippen LogP contribution in [0.25, 0.3) is 49.9 Å². The molecule has 0 spiro atoms. The van der Waals surface area contributed by atoms with Crippen molar-refractivity contribution in [3.05, 3.63) is 146 Å². The van der Waals surface area contributed by atoms with Crippen LogP contribution in [-0.4, -0.2) is 0 Å². The van der Waals surface area contributed by atoms with Gasteiger partial charge in [-0.1, -0.05) is 119 Å². The Morgan fingerprint density at radius 2 is 1.24 bits per heavy atom. The lowest BCUT2D eigenvalue weighted by Gasteiger charge is -2.27. The van der Waals surface area contributed by atoms with E-state index in [0.717, 1.165) is 38.5 Å². The number of allylic oxidation sites excluding steroid dienone is 8. The molecule has 5 aromatic carbocycles. The lowest BCUT2D eigenvalue weighted by atomic mass is 9.76. The zero-order valence-electron chi connectivity index (χ0n) is 27.5. The minimum absolute atomic E-state index is 0.0200. The van der Waals surface area contributed by atoms with E-state index >= 15 is 0 Å². The van der Waals surface area contributed by atoms with E-state index in [9.17, 15) is 0 Å². The van der Waals surface area contributed by atoms with Crippen molar-refractivity contribution >= 4 is 49.9 Å². The Kier molecular flexibility index (Phi) is 5.29. The molecule has 0 amide bonds. The first-order valence-electron chi connectivity index (χ1n) is 17.4. The molecule has 5 aromatic rings. The van der Waals surface area contributed by atoms with Gasteiger partial charge in [-0.2, -0.15) is 0 Å². The lowest BCUT2D eigenvalue weighted by molar-refractivity contribution is 0.650. The predicted octanol–water partition coefficient (Wildman–Crippen LogP) is 11.3.